The quantitative estimate of drug-likeness (QED) is 0.661. The van der Waals surface area contributed by atoms with Crippen LogP contribution in [0.3, 0.4) is 0 Å². The molecule has 0 amide bonds. The number of rotatable bonds is 6. The zero-order valence-corrected chi connectivity index (χ0v) is 9.05. The monoisotopic (exact) mass is 186 g/mol. The van der Waals surface area contributed by atoms with Crippen molar-refractivity contribution in [3.63, 3.8) is 0 Å². The van der Waals surface area contributed by atoms with Crippen LogP contribution in [-0.4, -0.2) is 49.8 Å². The van der Waals surface area contributed by atoms with Crippen LogP contribution in [0.1, 0.15) is 20.8 Å². The summed E-state index contributed by atoms with van der Waals surface area (Å²) in [5, 5.41) is 3.30. The van der Waals surface area contributed by atoms with E-state index >= 15 is 0 Å². The molecule has 0 saturated carbocycles. The van der Waals surface area contributed by atoms with Crippen LogP contribution in [0.2, 0.25) is 0 Å². The average molecular weight is 186 g/mol. The molecule has 1 aliphatic rings. The summed E-state index contributed by atoms with van der Waals surface area (Å²) in [6, 6.07) is 1.29. The Kier molecular flexibility index (Phi) is 4.70. The molecule has 1 saturated heterocycles. The van der Waals surface area contributed by atoms with E-state index in [1.807, 2.05) is 6.92 Å². The average Bonchev–Trinajstić information content (AvgIpc) is 2.06. The van der Waals surface area contributed by atoms with Crippen molar-refractivity contribution in [3.05, 3.63) is 0 Å². The molecule has 0 radical (unpaired) electrons. The number of ether oxygens (including phenoxy) is 1. The molecule has 3 nitrogen and oxygen atoms in total. The highest BCUT2D eigenvalue weighted by molar-refractivity contribution is 4.86. The van der Waals surface area contributed by atoms with Crippen molar-refractivity contribution in [3.8, 4) is 0 Å². The van der Waals surface area contributed by atoms with Crippen LogP contribution in [0.25, 0.3) is 0 Å². The van der Waals surface area contributed by atoms with Gasteiger partial charge in [0.15, 0.2) is 0 Å². The van der Waals surface area contributed by atoms with Crippen molar-refractivity contribution >= 4 is 0 Å². The summed E-state index contributed by atoms with van der Waals surface area (Å²) in [4.78, 5) is 2.52. The third-order valence-corrected chi connectivity index (χ3v) is 2.72. The lowest BCUT2D eigenvalue weighted by Crippen LogP contribution is -2.60. The van der Waals surface area contributed by atoms with Gasteiger partial charge in [-0.1, -0.05) is 6.92 Å². The molecule has 1 aliphatic heterocycles. The van der Waals surface area contributed by atoms with Crippen LogP contribution in [-0.2, 0) is 4.74 Å². The molecule has 1 unspecified atom stereocenters. The number of nitrogens with one attached hydrogen (secondary N) is 1. The van der Waals surface area contributed by atoms with Gasteiger partial charge < -0.3 is 10.1 Å². The lowest BCUT2D eigenvalue weighted by molar-refractivity contribution is 0.0388. The molecular formula is C10H22N2O. The fraction of sp³-hybridized carbons (Fsp3) is 1.00. The van der Waals surface area contributed by atoms with Gasteiger partial charge in [0.05, 0.1) is 6.61 Å². The summed E-state index contributed by atoms with van der Waals surface area (Å²) < 4.78 is 5.43. The molecule has 1 rings (SSSR count). The summed E-state index contributed by atoms with van der Waals surface area (Å²) in [7, 11) is 0. The molecule has 1 N–H and O–H groups in total. The van der Waals surface area contributed by atoms with E-state index in [0.717, 1.165) is 38.9 Å². The first-order valence-corrected chi connectivity index (χ1v) is 5.33. The maximum Gasteiger partial charge on any atom is 0.0619 e. The largest absolute Gasteiger partial charge is 0.380 e. The van der Waals surface area contributed by atoms with Crippen LogP contribution in [0.4, 0.5) is 0 Å². The molecule has 0 aliphatic carbocycles. The summed E-state index contributed by atoms with van der Waals surface area (Å²) in [6.07, 6.45) is 0. The number of nitrogens with zero attached hydrogens (tertiary/aromatic N) is 1. The summed E-state index contributed by atoms with van der Waals surface area (Å²) in [6.45, 7) is 11.6. The highest BCUT2D eigenvalue weighted by Crippen LogP contribution is 2.09. The summed E-state index contributed by atoms with van der Waals surface area (Å²) in [5.74, 6) is 0. The minimum atomic E-state index is 0.553. The first kappa shape index (κ1) is 11.0. The molecule has 13 heavy (non-hydrogen) atoms. The van der Waals surface area contributed by atoms with E-state index < -0.39 is 0 Å². The van der Waals surface area contributed by atoms with Gasteiger partial charge in [-0.15, -0.1) is 0 Å². The Morgan fingerprint density at radius 3 is 2.54 bits per heavy atom. The lowest BCUT2D eigenvalue weighted by Gasteiger charge is -2.41. The van der Waals surface area contributed by atoms with Crippen LogP contribution in [0.5, 0.6) is 0 Å². The van der Waals surface area contributed by atoms with E-state index in [2.05, 4.69) is 24.1 Å². The Morgan fingerprint density at radius 2 is 2.15 bits per heavy atom. The molecule has 1 atom stereocenters. The number of hydrogen-bond acceptors (Lipinski definition) is 3. The van der Waals surface area contributed by atoms with Crippen molar-refractivity contribution in [2.45, 2.75) is 32.9 Å². The Bertz CT molecular complexity index is 137. The van der Waals surface area contributed by atoms with Gasteiger partial charge in [-0.2, -0.15) is 0 Å². The van der Waals surface area contributed by atoms with Crippen molar-refractivity contribution in [1.82, 2.24) is 10.2 Å². The third-order valence-electron chi connectivity index (χ3n) is 2.72. The van der Waals surface area contributed by atoms with Crippen LogP contribution in [0.15, 0.2) is 0 Å². The van der Waals surface area contributed by atoms with Crippen molar-refractivity contribution in [1.29, 1.82) is 0 Å². The third kappa shape index (κ3) is 2.93. The predicted octanol–water partition coefficient (Wildman–Crippen LogP) is 0.705. The molecule has 0 aromatic carbocycles. The maximum absolute atomic E-state index is 5.43. The smallest absolute Gasteiger partial charge is 0.0619 e. The molecule has 0 bridgehead atoms. The second kappa shape index (κ2) is 5.58. The van der Waals surface area contributed by atoms with Crippen molar-refractivity contribution in [2.24, 2.45) is 0 Å². The van der Waals surface area contributed by atoms with E-state index in [-0.39, 0.29) is 0 Å². The van der Waals surface area contributed by atoms with E-state index in [0.29, 0.717) is 6.04 Å². The van der Waals surface area contributed by atoms with Gasteiger partial charge in [-0.3, -0.25) is 4.90 Å². The Balaban J connectivity index is 2.26. The van der Waals surface area contributed by atoms with Gasteiger partial charge in [0.25, 0.3) is 0 Å². The molecular weight excluding hydrogens is 164 g/mol. The normalized spacial score (nSPS) is 20.3. The lowest BCUT2D eigenvalue weighted by atomic mass is 10.1. The zero-order chi connectivity index (χ0) is 9.68. The minimum Gasteiger partial charge on any atom is -0.380 e. The molecule has 0 aromatic heterocycles. The fourth-order valence-electron chi connectivity index (χ4n) is 1.82. The predicted molar refractivity (Wildman–Crippen MR) is 55.0 cm³/mol. The van der Waals surface area contributed by atoms with Crippen LogP contribution in [0, 0.1) is 0 Å². The standard InChI is InChI=1S/C10H22N2O/c1-4-12(10-6-11-7-10)9(3)8-13-5-2/h9-11H,4-8H2,1-3H3. The van der Waals surface area contributed by atoms with Crippen LogP contribution < -0.4 is 5.32 Å². The Hall–Kier alpha value is -0.120. The second-order valence-electron chi connectivity index (χ2n) is 3.65. The second-order valence-corrected chi connectivity index (χ2v) is 3.65. The van der Waals surface area contributed by atoms with Crippen LogP contribution >= 0.6 is 0 Å². The topological polar surface area (TPSA) is 24.5 Å². The van der Waals surface area contributed by atoms with E-state index in [4.69, 9.17) is 4.74 Å². The van der Waals surface area contributed by atoms with Crippen molar-refractivity contribution in [2.75, 3.05) is 32.8 Å². The Labute approximate surface area is 81.4 Å². The fourth-order valence-corrected chi connectivity index (χ4v) is 1.82. The van der Waals surface area contributed by atoms with Gasteiger partial charge in [-0.25, -0.2) is 0 Å². The molecule has 0 aromatic rings. The summed E-state index contributed by atoms with van der Waals surface area (Å²) in [5.41, 5.74) is 0. The molecule has 1 heterocycles. The molecule has 3 heteroatoms. The Morgan fingerprint density at radius 1 is 1.46 bits per heavy atom. The first-order chi connectivity index (χ1) is 6.29. The van der Waals surface area contributed by atoms with E-state index in [9.17, 15) is 0 Å². The van der Waals surface area contributed by atoms with Gasteiger partial charge in [0.2, 0.25) is 0 Å². The van der Waals surface area contributed by atoms with E-state index in [1.165, 1.54) is 0 Å². The molecule has 78 valence electrons. The van der Waals surface area contributed by atoms with Gasteiger partial charge >= 0.3 is 0 Å². The van der Waals surface area contributed by atoms with E-state index in [1.54, 1.807) is 0 Å². The highest BCUT2D eigenvalue weighted by Gasteiger charge is 2.26. The molecule has 0 spiro atoms. The van der Waals surface area contributed by atoms with Gasteiger partial charge in [0.1, 0.15) is 0 Å². The number of hydrogen-bond donors (Lipinski definition) is 1. The summed E-state index contributed by atoms with van der Waals surface area (Å²) >= 11 is 0. The highest BCUT2D eigenvalue weighted by atomic mass is 16.5. The van der Waals surface area contributed by atoms with Crippen molar-refractivity contribution < 1.29 is 4.74 Å². The first-order valence-electron chi connectivity index (χ1n) is 5.33. The SMILES string of the molecule is CCOCC(C)N(CC)C1CNC1. The minimum absolute atomic E-state index is 0.553. The zero-order valence-electron chi connectivity index (χ0n) is 9.05. The van der Waals surface area contributed by atoms with Gasteiger partial charge in [0, 0.05) is 31.8 Å². The molecule has 1 fully saturated rings. The maximum atomic E-state index is 5.43. The van der Waals surface area contributed by atoms with Gasteiger partial charge in [-0.05, 0) is 20.4 Å². The number of likely N-dealkylation sites (N-methyl/N-ethyl adjacent to an activating group) is 1.